The zero-order valence-corrected chi connectivity index (χ0v) is 21.9. The van der Waals surface area contributed by atoms with Crippen LogP contribution in [-0.4, -0.2) is 72.9 Å². The molecule has 2 saturated heterocycles. The SMILES string of the molecule is O=C(NC[C@H]1CN(c2ccc(N3CCOCC3)c(F)c2)C(=O)O1)Oc1ccc(CC([P+](=O)O)[P+](=O)O)cc1. The maximum atomic E-state index is 14.7. The van der Waals surface area contributed by atoms with E-state index in [9.17, 15) is 23.1 Å². The average molecular weight is 569 g/mol. The molecule has 0 aliphatic carbocycles. The van der Waals surface area contributed by atoms with E-state index in [0.29, 0.717) is 43.2 Å². The van der Waals surface area contributed by atoms with Crippen LogP contribution in [-0.2, 0) is 25.0 Å². The number of ether oxygens (including phenoxy) is 3. The Kier molecular flexibility index (Phi) is 9.19. The number of rotatable bonds is 9. The van der Waals surface area contributed by atoms with Crippen molar-refractivity contribution in [1.29, 1.82) is 0 Å². The molecule has 2 fully saturated rings. The van der Waals surface area contributed by atoms with Crippen LogP contribution in [0.15, 0.2) is 42.5 Å². The van der Waals surface area contributed by atoms with Gasteiger partial charge in [-0.2, -0.15) is 9.79 Å². The Labute approximate surface area is 219 Å². The van der Waals surface area contributed by atoms with Gasteiger partial charge in [-0.05, 0) is 45.0 Å². The first kappa shape index (κ1) is 27.8. The smallest absolute Gasteiger partial charge is 0.442 e. The third-order valence-corrected chi connectivity index (χ3v) is 8.58. The van der Waals surface area contributed by atoms with Crippen LogP contribution in [0.4, 0.5) is 25.4 Å². The highest BCUT2D eigenvalue weighted by Crippen LogP contribution is 2.41. The summed E-state index contributed by atoms with van der Waals surface area (Å²) in [4.78, 5) is 46.0. The predicted molar refractivity (Wildman–Crippen MR) is 135 cm³/mol. The molecule has 2 aliphatic heterocycles. The van der Waals surface area contributed by atoms with Crippen LogP contribution in [0, 0.1) is 5.82 Å². The van der Waals surface area contributed by atoms with E-state index < -0.39 is 45.6 Å². The summed E-state index contributed by atoms with van der Waals surface area (Å²) in [5.74, 6) is -0.287. The molecular weight excluding hydrogens is 543 g/mol. The first-order valence-electron chi connectivity index (χ1n) is 11.7. The Bertz CT molecular complexity index is 1200. The molecule has 0 radical (unpaired) electrons. The van der Waals surface area contributed by atoms with Crippen molar-refractivity contribution in [2.24, 2.45) is 0 Å². The van der Waals surface area contributed by atoms with Gasteiger partial charge in [-0.15, -0.1) is 0 Å². The number of carbonyl (C=O) groups is 2. The first-order valence-corrected chi connectivity index (χ1v) is 14.2. The van der Waals surface area contributed by atoms with Gasteiger partial charge in [0.1, 0.15) is 17.7 Å². The van der Waals surface area contributed by atoms with Crippen LogP contribution in [0.1, 0.15) is 5.56 Å². The van der Waals surface area contributed by atoms with Gasteiger partial charge in [0, 0.05) is 13.1 Å². The van der Waals surface area contributed by atoms with Crippen LogP contribution in [0.2, 0.25) is 0 Å². The van der Waals surface area contributed by atoms with Crippen molar-refractivity contribution in [2.75, 3.05) is 49.2 Å². The summed E-state index contributed by atoms with van der Waals surface area (Å²) in [7, 11) is -5.66. The molecule has 3 N–H and O–H groups in total. The minimum absolute atomic E-state index is 0.0394. The molecule has 2 aromatic rings. The van der Waals surface area contributed by atoms with Crippen LogP contribution < -0.4 is 19.9 Å². The van der Waals surface area contributed by atoms with Crippen LogP contribution in [0.5, 0.6) is 5.75 Å². The zero-order chi connectivity index (χ0) is 27.2. The molecule has 2 heterocycles. The molecule has 0 saturated carbocycles. The summed E-state index contributed by atoms with van der Waals surface area (Å²) in [5.41, 5.74) is 1.30. The second-order valence-corrected chi connectivity index (χ2v) is 11.4. The lowest BCUT2D eigenvalue weighted by Crippen LogP contribution is -2.37. The molecular formula is C23H26FN3O9P2+2. The second-order valence-electron chi connectivity index (χ2n) is 8.56. The number of hydrogen-bond acceptors (Lipinski definition) is 8. The summed E-state index contributed by atoms with van der Waals surface area (Å²) >= 11 is 0. The minimum atomic E-state index is -2.83. The number of amides is 2. The number of nitrogens with one attached hydrogen (secondary N) is 1. The lowest BCUT2D eigenvalue weighted by Gasteiger charge is -2.29. The molecule has 0 aromatic heterocycles. The van der Waals surface area contributed by atoms with Crippen LogP contribution in [0.3, 0.4) is 0 Å². The van der Waals surface area contributed by atoms with Crippen molar-refractivity contribution in [3.05, 3.63) is 53.8 Å². The first-order chi connectivity index (χ1) is 18.2. The molecule has 2 unspecified atom stereocenters. The Balaban J connectivity index is 1.26. The van der Waals surface area contributed by atoms with Crippen molar-refractivity contribution < 1.29 is 47.1 Å². The van der Waals surface area contributed by atoms with Crippen molar-refractivity contribution in [2.45, 2.75) is 17.9 Å². The van der Waals surface area contributed by atoms with Gasteiger partial charge in [0.2, 0.25) is 0 Å². The number of nitrogens with zero attached hydrogens (tertiary/aromatic N) is 2. The van der Waals surface area contributed by atoms with Gasteiger partial charge in [0.25, 0.3) is 0 Å². The van der Waals surface area contributed by atoms with E-state index in [4.69, 9.17) is 24.0 Å². The molecule has 2 aliphatic rings. The molecule has 0 bridgehead atoms. The molecule has 0 spiro atoms. The Hall–Kier alpha value is -3.21. The molecule has 12 nitrogen and oxygen atoms in total. The van der Waals surface area contributed by atoms with Crippen molar-refractivity contribution in [1.82, 2.24) is 5.32 Å². The fourth-order valence-corrected chi connectivity index (χ4v) is 5.46. The van der Waals surface area contributed by atoms with Gasteiger partial charge >= 0.3 is 33.6 Å². The van der Waals surface area contributed by atoms with Crippen molar-refractivity contribution in [3.63, 3.8) is 0 Å². The highest BCUT2D eigenvalue weighted by molar-refractivity contribution is 7.57. The summed E-state index contributed by atoms with van der Waals surface area (Å²) in [6.45, 7) is 2.26. The van der Waals surface area contributed by atoms with Gasteiger partial charge in [0.05, 0.1) is 44.1 Å². The standard InChI is InChI=1S/C23H24FN3O9P2/c24-19-12-16(3-6-20(19)26-7-9-34-10-8-26)27-14-18(36-23(27)29)13-25-22(28)35-17-4-1-15(2-5-17)11-21(37(30)31)38(32)33/h1-6,12,18,21H,7-11,13-14H2,(H-2,25,28,30,31,32,33)/p+2/t18-/m0/s1. The molecule has 2 aromatic carbocycles. The van der Waals surface area contributed by atoms with E-state index in [-0.39, 0.29) is 25.3 Å². The molecule has 202 valence electrons. The number of carbonyl (C=O) groups excluding carboxylic acids is 2. The third kappa shape index (κ3) is 7.00. The average Bonchev–Trinajstić information content (AvgIpc) is 3.27. The molecule has 15 heteroatoms. The third-order valence-electron chi connectivity index (χ3n) is 6.00. The van der Waals surface area contributed by atoms with E-state index in [1.54, 1.807) is 12.1 Å². The van der Waals surface area contributed by atoms with Gasteiger partial charge in [-0.25, -0.2) is 14.0 Å². The number of halogens is 1. The van der Waals surface area contributed by atoms with Gasteiger partial charge in [-0.3, -0.25) is 4.90 Å². The summed E-state index contributed by atoms with van der Waals surface area (Å²) < 4.78 is 52.9. The topological polar surface area (TPSA) is 155 Å². The van der Waals surface area contributed by atoms with Crippen molar-refractivity contribution in [3.8, 4) is 5.75 Å². The van der Waals surface area contributed by atoms with Crippen LogP contribution in [0.25, 0.3) is 0 Å². The number of hydrogen-bond donors (Lipinski definition) is 3. The van der Waals surface area contributed by atoms with Gasteiger partial charge in [0.15, 0.2) is 0 Å². The van der Waals surface area contributed by atoms with Gasteiger partial charge in [-0.1, -0.05) is 12.1 Å². The maximum absolute atomic E-state index is 14.7. The predicted octanol–water partition coefficient (Wildman–Crippen LogP) is 3.11. The summed E-state index contributed by atoms with van der Waals surface area (Å²) in [6.07, 6.45) is -2.24. The molecule has 4 rings (SSSR count). The second kappa shape index (κ2) is 12.6. The van der Waals surface area contributed by atoms with Crippen LogP contribution >= 0.6 is 16.1 Å². The van der Waals surface area contributed by atoms with E-state index in [1.165, 1.54) is 35.2 Å². The molecule has 38 heavy (non-hydrogen) atoms. The zero-order valence-electron chi connectivity index (χ0n) is 20.1. The highest BCUT2D eigenvalue weighted by Gasteiger charge is 2.47. The van der Waals surface area contributed by atoms with Crippen molar-refractivity contribution >= 4 is 39.6 Å². The molecule has 2 amide bonds. The van der Waals surface area contributed by atoms with E-state index >= 15 is 0 Å². The largest absolute Gasteiger partial charge is 0.564 e. The monoisotopic (exact) mass is 569 g/mol. The van der Waals surface area contributed by atoms with E-state index in [2.05, 4.69) is 5.32 Å². The lowest BCUT2D eigenvalue weighted by atomic mass is 10.2. The maximum Gasteiger partial charge on any atom is 0.564 e. The lowest BCUT2D eigenvalue weighted by molar-refractivity contribution is 0.122. The fraction of sp³-hybridized carbons (Fsp3) is 0.391. The Morgan fingerprint density at radius 2 is 1.82 bits per heavy atom. The fourth-order valence-electron chi connectivity index (χ4n) is 4.05. The summed E-state index contributed by atoms with van der Waals surface area (Å²) in [5, 5.41) is 1.22. The van der Waals surface area contributed by atoms with E-state index in [0.717, 1.165) is 0 Å². The van der Waals surface area contributed by atoms with E-state index in [1.807, 2.05) is 4.90 Å². The minimum Gasteiger partial charge on any atom is -0.442 e. The quantitative estimate of drug-likeness (QED) is 0.384. The normalized spacial score (nSPS) is 19.0. The number of anilines is 2. The highest BCUT2D eigenvalue weighted by atomic mass is 31.2. The Morgan fingerprint density at radius 3 is 2.45 bits per heavy atom. The molecule has 3 atom stereocenters. The van der Waals surface area contributed by atoms with Gasteiger partial charge < -0.3 is 24.4 Å². The summed E-state index contributed by atoms with van der Waals surface area (Å²) in [6, 6.07) is 10.4. The number of benzene rings is 2. The number of morpholine rings is 1. The number of cyclic esters (lactones) is 1. The Morgan fingerprint density at radius 1 is 1.13 bits per heavy atom.